The molecule has 0 aromatic rings. The lowest BCUT2D eigenvalue weighted by atomic mass is 9.82. The molecular weight excluding hydrogens is 186 g/mol. The summed E-state index contributed by atoms with van der Waals surface area (Å²) in [5.41, 5.74) is 0. The van der Waals surface area contributed by atoms with E-state index in [4.69, 9.17) is 4.74 Å². The fourth-order valence-corrected chi connectivity index (χ4v) is 3.49. The Morgan fingerprint density at radius 1 is 1.27 bits per heavy atom. The van der Waals surface area contributed by atoms with Crippen molar-refractivity contribution < 1.29 is 4.74 Å². The maximum Gasteiger partial charge on any atom is 0.0623 e. The molecule has 0 spiro atoms. The normalized spacial score (nSPS) is 41.0. The molecule has 0 aromatic heterocycles. The minimum atomic E-state index is 0.589. The molecule has 0 amide bonds. The highest BCUT2D eigenvalue weighted by Crippen LogP contribution is 2.42. The first-order valence-electron chi connectivity index (χ1n) is 6.69. The quantitative estimate of drug-likeness (QED) is 0.750. The monoisotopic (exact) mass is 209 g/mol. The van der Waals surface area contributed by atoms with Gasteiger partial charge in [-0.25, -0.2) is 0 Å². The van der Waals surface area contributed by atoms with Gasteiger partial charge in [0.15, 0.2) is 0 Å². The highest BCUT2D eigenvalue weighted by molar-refractivity contribution is 4.95. The van der Waals surface area contributed by atoms with Crippen molar-refractivity contribution in [1.82, 2.24) is 5.32 Å². The van der Waals surface area contributed by atoms with Gasteiger partial charge in [0.2, 0.25) is 0 Å². The van der Waals surface area contributed by atoms with E-state index in [1.54, 1.807) is 0 Å². The summed E-state index contributed by atoms with van der Waals surface area (Å²) >= 11 is 0. The highest BCUT2D eigenvalue weighted by Gasteiger charge is 2.43. The summed E-state index contributed by atoms with van der Waals surface area (Å²) in [7, 11) is 2.13. The molecular formula is C13H23NO. The second-order valence-corrected chi connectivity index (χ2v) is 5.69. The smallest absolute Gasteiger partial charge is 0.0623 e. The van der Waals surface area contributed by atoms with Gasteiger partial charge >= 0.3 is 0 Å². The van der Waals surface area contributed by atoms with Crippen LogP contribution in [0.4, 0.5) is 0 Å². The predicted molar refractivity (Wildman–Crippen MR) is 60.8 cm³/mol. The lowest BCUT2D eigenvalue weighted by molar-refractivity contribution is 0.0853. The van der Waals surface area contributed by atoms with Gasteiger partial charge in [0.05, 0.1) is 12.2 Å². The van der Waals surface area contributed by atoms with E-state index < -0.39 is 0 Å². The molecule has 2 heteroatoms. The summed E-state index contributed by atoms with van der Waals surface area (Å²) in [4.78, 5) is 0. The molecule has 2 nitrogen and oxygen atoms in total. The van der Waals surface area contributed by atoms with Gasteiger partial charge < -0.3 is 10.1 Å². The first-order chi connectivity index (χ1) is 7.36. The fourth-order valence-electron chi connectivity index (χ4n) is 3.49. The molecule has 4 unspecified atom stereocenters. The van der Waals surface area contributed by atoms with E-state index in [0.717, 1.165) is 17.9 Å². The van der Waals surface area contributed by atoms with Crippen LogP contribution in [0, 0.1) is 11.8 Å². The van der Waals surface area contributed by atoms with Crippen molar-refractivity contribution in [1.29, 1.82) is 0 Å². The molecule has 3 fully saturated rings. The Bertz CT molecular complexity index is 227. The van der Waals surface area contributed by atoms with Gasteiger partial charge in [-0.15, -0.1) is 0 Å². The zero-order valence-electron chi connectivity index (χ0n) is 9.74. The molecule has 2 bridgehead atoms. The van der Waals surface area contributed by atoms with E-state index in [1.807, 2.05) is 0 Å². The van der Waals surface area contributed by atoms with Gasteiger partial charge in [-0.2, -0.15) is 0 Å². The topological polar surface area (TPSA) is 21.3 Å². The van der Waals surface area contributed by atoms with Crippen molar-refractivity contribution in [2.24, 2.45) is 11.8 Å². The van der Waals surface area contributed by atoms with E-state index in [1.165, 1.54) is 44.9 Å². The average Bonchev–Trinajstić information content (AvgIpc) is 2.85. The minimum Gasteiger partial charge on any atom is -0.375 e. The third-order valence-electron chi connectivity index (χ3n) is 4.62. The van der Waals surface area contributed by atoms with Crippen LogP contribution in [0.5, 0.6) is 0 Å². The van der Waals surface area contributed by atoms with E-state index in [-0.39, 0.29) is 0 Å². The first-order valence-corrected chi connectivity index (χ1v) is 6.69. The van der Waals surface area contributed by atoms with Crippen molar-refractivity contribution in [2.75, 3.05) is 7.05 Å². The molecule has 15 heavy (non-hydrogen) atoms. The molecule has 1 N–H and O–H groups in total. The zero-order chi connectivity index (χ0) is 10.3. The SMILES string of the molecule is CNC(CCC1CC1)C1CC2CCC1O2. The van der Waals surface area contributed by atoms with Crippen molar-refractivity contribution in [3.8, 4) is 0 Å². The summed E-state index contributed by atoms with van der Waals surface area (Å²) in [5.74, 6) is 1.88. The van der Waals surface area contributed by atoms with Gasteiger partial charge in [-0.3, -0.25) is 0 Å². The predicted octanol–water partition coefficient (Wildman–Crippen LogP) is 2.33. The lowest BCUT2D eigenvalue weighted by Gasteiger charge is -2.28. The second kappa shape index (κ2) is 4.06. The molecule has 2 heterocycles. The second-order valence-electron chi connectivity index (χ2n) is 5.69. The standard InChI is InChI=1S/C13H23NO/c1-14-12(6-4-9-2-3-9)11-8-10-5-7-13(11)15-10/h9-14H,2-8H2,1H3. The number of nitrogens with one attached hydrogen (secondary N) is 1. The number of rotatable bonds is 5. The Kier molecular flexibility index (Phi) is 2.73. The maximum atomic E-state index is 5.95. The van der Waals surface area contributed by atoms with E-state index in [2.05, 4.69) is 12.4 Å². The summed E-state index contributed by atoms with van der Waals surface area (Å²) in [6, 6.07) is 0.723. The molecule has 1 saturated carbocycles. The van der Waals surface area contributed by atoms with Crippen LogP contribution in [0.25, 0.3) is 0 Å². The molecule has 3 rings (SSSR count). The molecule has 86 valence electrons. The van der Waals surface area contributed by atoms with Crippen LogP contribution in [-0.2, 0) is 4.74 Å². The van der Waals surface area contributed by atoms with Crippen LogP contribution in [0.3, 0.4) is 0 Å². The van der Waals surface area contributed by atoms with Crippen LogP contribution < -0.4 is 5.32 Å². The van der Waals surface area contributed by atoms with Crippen LogP contribution in [-0.4, -0.2) is 25.3 Å². The third-order valence-corrected chi connectivity index (χ3v) is 4.62. The minimum absolute atomic E-state index is 0.589. The molecule has 3 aliphatic rings. The van der Waals surface area contributed by atoms with Gasteiger partial charge in [-0.1, -0.05) is 12.8 Å². The Hall–Kier alpha value is -0.0800. The molecule has 1 aliphatic carbocycles. The van der Waals surface area contributed by atoms with E-state index in [9.17, 15) is 0 Å². The van der Waals surface area contributed by atoms with E-state index >= 15 is 0 Å². The van der Waals surface area contributed by atoms with Crippen molar-refractivity contribution in [2.45, 2.75) is 63.2 Å². The Balaban J connectivity index is 1.53. The molecule has 0 radical (unpaired) electrons. The highest BCUT2D eigenvalue weighted by atomic mass is 16.5. The number of hydrogen-bond donors (Lipinski definition) is 1. The van der Waals surface area contributed by atoms with Crippen molar-refractivity contribution >= 4 is 0 Å². The van der Waals surface area contributed by atoms with Gasteiger partial charge in [0.25, 0.3) is 0 Å². The van der Waals surface area contributed by atoms with Crippen LogP contribution in [0.15, 0.2) is 0 Å². The summed E-state index contributed by atoms with van der Waals surface area (Å²) in [6.45, 7) is 0. The molecule has 4 atom stereocenters. The maximum absolute atomic E-state index is 5.95. The number of ether oxygens (including phenoxy) is 1. The van der Waals surface area contributed by atoms with Crippen molar-refractivity contribution in [3.05, 3.63) is 0 Å². The van der Waals surface area contributed by atoms with Gasteiger partial charge in [0.1, 0.15) is 0 Å². The average molecular weight is 209 g/mol. The molecule has 0 aromatic carbocycles. The van der Waals surface area contributed by atoms with E-state index in [0.29, 0.717) is 12.2 Å². The Morgan fingerprint density at radius 2 is 2.13 bits per heavy atom. The summed E-state index contributed by atoms with van der Waals surface area (Å²) < 4.78 is 5.95. The van der Waals surface area contributed by atoms with Crippen molar-refractivity contribution in [3.63, 3.8) is 0 Å². The Labute approximate surface area is 92.8 Å². The lowest BCUT2D eigenvalue weighted by Crippen LogP contribution is -2.38. The van der Waals surface area contributed by atoms with Crippen LogP contribution in [0.2, 0.25) is 0 Å². The molecule has 2 aliphatic heterocycles. The molecule has 2 saturated heterocycles. The third kappa shape index (κ3) is 2.07. The summed E-state index contributed by atoms with van der Waals surface area (Å²) in [5, 5.41) is 3.53. The van der Waals surface area contributed by atoms with Crippen LogP contribution in [0.1, 0.15) is 44.9 Å². The Morgan fingerprint density at radius 3 is 2.67 bits per heavy atom. The largest absolute Gasteiger partial charge is 0.375 e. The first kappa shape index (κ1) is 10.1. The fraction of sp³-hybridized carbons (Fsp3) is 1.00. The summed E-state index contributed by atoms with van der Waals surface area (Å²) in [6.07, 6.45) is 11.0. The number of fused-ring (bicyclic) bond motifs is 2. The van der Waals surface area contributed by atoms with Gasteiger partial charge in [0, 0.05) is 12.0 Å². The van der Waals surface area contributed by atoms with Gasteiger partial charge in [-0.05, 0) is 45.1 Å². The zero-order valence-corrected chi connectivity index (χ0v) is 9.74. The van der Waals surface area contributed by atoms with Crippen LogP contribution >= 0.6 is 0 Å². The number of hydrogen-bond acceptors (Lipinski definition) is 2.